The number of hydrogen-bond acceptors (Lipinski definition) is 5. The van der Waals surface area contributed by atoms with E-state index in [2.05, 4.69) is 23.5 Å². The number of benzene rings is 4. The molecule has 0 fully saturated rings. The van der Waals surface area contributed by atoms with Gasteiger partial charge in [0.15, 0.2) is 11.5 Å². The molecular formula is C28H28ClNO4. The quantitative estimate of drug-likeness (QED) is 0.258. The van der Waals surface area contributed by atoms with Crippen LogP contribution in [0.3, 0.4) is 0 Å². The summed E-state index contributed by atoms with van der Waals surface area (Å²) in [6.45, 7) is 2.09. The van der Waals surface area contributed by atoms with E-state index in [9.17, 15) is 0 Å². The first-order valence-corrected chi connectivity index (χ1v) is 11.5. The standard InChI is InChI=1S/C28H28ClNO4/c1-31-27-16-21(25(29)17-28(27)32-2)18-30-19-24-23-11-7-6-8-20(23)12-13-26(24)34-15-14-33-22-9-4-3-5-10-22/h3-13,16-17,30H,14-15,18-19H2,1-2H3. The van der Waals surface area contributed by atoms with Crippen LogP contribution in [-0.4, -0.2) is 27.4 Å². The van der Waals surface area contributed by atoms with E-state index in [1.54, 1.807) is 20.3 Å². The first-order valence-electron chi connectivity index (χ1n) is 11.1. The number of methoxy groups -OCH3 is 2. The van der Waals surface area contributed by atoms with Gasteiger partial charge in [-0.15, -0.1) is 0 Å². The SMILES string of the molecule is COc1cc(Cl)c(CNCc2c(OCCOc3ccccc3)ccc3ccccc23)cc1OC. The Morgan fingerprint density at radius 3 is 2.21 bits per heavy atom. The minimum atomic E-state index is 0.446. The summed E-state index contributed by atoms with van der Waals surface area (Å²) >= 11 is 6.47. The summed E-state index contributed by atoms with van der Waals surface area (Å²) in [7, 11) is 3.21. The normalized spacial score (nSPS) is 10.8. The van der Waals surface area contributed by atoms with Gasteiger partial charge < -0.3 is 24.3 Å². The van der Waals surface area contributed by atoms with Gasteiger partial charge in [-0.25, -0.2) is 0 Å². The molecular weight excluding hydrogens is 450 g/mol. The summed E-state index contributed by atoms with van der Waals surface area (Å²) in [4.78, 5) is 0. The molecule has 0 aliphatic heterocycles. The lowest BCUT2D eigenvalue weighted by Gasteiger charge is -2.16. The number of halogens is 1. The highest BCUT2D eigenvalue weighted by atomic mass is 35.5. The minimum absolute atomic E-state index is 0.446. The van der Waals surface area contributed by atoms with E-state index in [0.717, 1.165) is 33.4 Å². The van der Waals surface area contributed by atoms with Crippen LogP contribution in [0.4, 0.5) is 0 Å². The van der Waals surface area contributed by atoms with Crippen molar-refractivity contribution in [2.45, 2.75) is 13.1 Å². The molecule has 0 atom stereocenters. The van der Waals surface area contributed by atoms with Crippen LogP contribution in [0, 0.1) is 0 Å². The Morgan fingerprint density at radius 1 is 0.706 bits per heavy atom. The molecule has 1 N–H and O–H groups in total. The van der Waals surface area contributed by atoms with E-state index < -0.39 is 0 Å². The first kappa shape index (κ1) is 23.7. The molecule has 0 aliphatic carbocycles. The van der Waals surface area contributed by atoms with Gasteiger partial charge in [0.2, 0.25) is 0 Å². The Morgan fingerprint density at radius 2 is 1.41 bits per heavy atom. The zero-order valence-corrected chi connectivity index (χ0v) is 20.1. The van der Waals surface area contributed by atoms with Gasteiger partial charge in [0.05, 0.1) is 14.2 Å². The lowest BCUT2D eigenvalue weighted by atomic mass is 10.0. The van der Waals surface area contributed by atoms with Crippen LogP contribution in [0.15, 0.2) is 78.9 Å². The fraction of sp³-hybridized carbons (Fsp3) is 0.214. The number of hydrogen-bond donors (Lipinski definition) is 1. The molecule has 0 saturated carbocycles. The van der Waals surface area contributed by atoms with Crippen LogP contribution in [0.1, 0.15) is 11.1 Å². The summed E-state index contributed by atoms with van der Waals surface area (Å²) in [5.41, 5.74) is 2.02. The van der Waals surface area contributed by atoms with Crippen LogP contribution in [0.5, 0.6) is 23.0 Å². The highest BCUT2D eigenvalue weighted by Crippen LogP contribution is 2.33. The second kappa shape index (κ2) is 11.6. The largest absolute Gasteiger partial charge is 0.493 e. The van der Waals surface area contributed by atoms with E-state index >= 15 is 0 Å². The summed E-state index contributed by atoms with van der Waals surface area (Å²) in [5, 5.41) is 6.44. The molecule has 0 amide bonds. The van der Waals surface area contributed by atoms with Crippen LogP contribution in [-0.2, 0) is 13.1 Å². The Hall–Kier alpha value is -3.41. The fourth-order valence-corrected chi connectivity index (χ4v) is 4.04. The van der Waals surface area contributed by atoms with E-state index in [1.165, 1.54) is 0 Å². The maximum atomic E-state index is 6.47. The van der Waals surface area contributed by atoms with E-state index in [-0.39, 0.29) is 0 Å². The summed E-state index contributed by atoms with van der Waals surface area (Å²) in [6.07, 6.45) is 0. The van der Waals surface area contributed by atoms with Crippen molar-refractivity contribution in [3.63, 3.8) is 0 Å². The zero-order chi connectivity index (χ0) is 23.8. The molecule has 0 heterocycles. The van der Waals surface area contributed by atoms with Crippen LogP contribution in [0.25, 0.3) is 10.8 Å². The number of rotatable bonds is 11. The van der Waals surface area contributed by atoms with Crippen molar-refractivity contribution in [2.75, 3.05) is 27.4 Å². The van der Waals surface area contributed by atoms with Crippen LogP contribution < -0.4 is 24.3 Å². The topological polar surface area (TPSA) is 49.0 Å². The van der Waals surface area contributed by atoms with Gasteiger partial charge >= 0.3 is 0 Å². The average Bonchev–Trinajstić information content (AvgIpc) is 2.88. The zero-order valence-electron chi connectivity index (χ0n) is 19.3. The summed E-state index contributed by atoms with van der Waals surface area (Å²) in [6, 6.07) is 25.8. The predicted molar refractivity (Wildman–Crippen MR) is 136 cm³/mol. The molecule has 6 heteroatoms. The molecule has 4 rings (SSSR count). The van der Waals surface area contributed by atoms with Gasteiger partial charge in [-0.2, -0.15) is 0 Å². The summed E-state index contributed by atoms with van der Waals surface area (Å²) < 4.78 is 22.6. The van der Waals surface area contributed by atoms with Crippen molar-refractivity contribution in [1.82, 2.24) is 5.32 Å². The third-order valence-electron chi connectivity index (χ3n) is 5.52. The number of ether oxygens (including phenoxy) is 4. The molecule has 0 aliphatic rings. The van der Waals surface area contributed by atoms with Gasteiger partial charge in [-0.3, -0.25) is 0 Å². The second-order valence-corrected chi connectivity index (χ2v) is 8.08. The smallest absolute Gasteiger partial charge is 0.162 e. The lowest BCUT2D eigenvalue weighted by molar-refractivity contribution is 0.216. The van der Waals surface area contributed by atoms with E-state index in [1.807, 2.05) is 54.6 Å². The summed E-state index contributed by atoms with van der Waals surface area (Å²) in [5.74, 6) is 2.93. The van der Waals surface area contributed by atoms with Crippen molar-refractivity contribution < 1.29 is 18.9 Å². The van der Waals surface area contributed by atoms with Gasteiger partial charge in [0, 0.05) is 29.7 Å². The molecule has 0 spiro atoms. The third kappa shape index (κ3) is 5.74. The van der Waals surface area contributed by atoms with Crippen molar-refractivity contribution >= 4 is 22.4 Å². The van der Waals surface area contributed by atoms with Gasteiger partial charge in [-0.1, -0.05) is 60.1 Å². The molecule has 0 unspecified atom stereocenters. The highest BCUT2D eigenvalue weighted by molar-refractivity contribution is 6.31. The van der Waals surface area contributed by atoms with Crippen molar-refractivity contribution in [1.29, 1.82) is 0 Å². The predicted octanol–water partition coefficient (Wildman–Crippen LogP) is 6.26. The Kier molecular flexibility index (Phi) is 8.12. The second-order valence-electron chi connectivity index (χ2n) is 7.68. The molecule has 0 saturated heterocycles. The maximum Gasteiger partial charge on any atom is 0.162 e. The van der Waals surface area contributed by atoms with Crippen molar-refractivity contribution in [3.8, 4) is 23.0 Å². The van der Waals surface area contributed by atoms with Gasteiger partial charge in [0.1, 0.15) is 24.7 Å². The number of fused-ring (bicyclic) bond motifs is 1. The highest BCUT2D eigenvalue weighted by Gasteiger charge is 2.12. The van der Waals surface area contributed by atoms with E-state index in [0.29, 0.717) is 42.8 Å². The molecule has 0 bridgehead atoms. The molecule has 4 aromatic rings. The minimum Gasteiger partial charge on any atom is -0.493 e. The van der Waals surface area contributed by atoms with E-state index in [4.69, 9.17) is 30.5 Å². The lowest BCUT2D eigenvalue weighted by Crippen LogP contribution is -2.16. The van der Waals surface area contributed by atoms with Crippen molar-refractivity contribution in [2.24, 2.45) is 0 Å². The molecule has 34 heavy (non-hydrogen) atoms. The molecule has 5 nitrogen and oxygen atoms in total. The fourth-order valence-electron chi connectivity index (χ4n) is 3.82. The Balaban J connectivity index is 1.46. The average molecular weight is 478 g/mol. The van der Waals surface area contributed by atoms with Crippen molar-refractivity contribution in [3.05, 3.63) is 95.0 Å². The monoisotopic (exact) mass is 477 g/mol. The molecule has 4 aromatic carbocycles. The molecule has 0 radical (unpaired) electrons. The Bertz CT molecular complexity index is 1230. The molecule has 0 aromatic heterocycles. The van der Waals surface area contributed by atoms with Gasteiger partial charge in [-0.05, 0) is 40.6 Å². The third-order valence-corrected chi connectivity index (χ3v) is 5.87. The first-order chi connectivity index (χ1) is 16.7. The number of nitrogens with one attached hydrogen (secondary N) is 1. The molecule has 176 valence electrons. The maximum absolute atomic E-state index is 6.47. The Labute approximate surface area is 205 Å². The van der Waals surface area contributed by atoms with Crippen LogP contribution in [0.2, 0.25) is 5.02 Å². The van der Waals surface area contributed by atoms with Gasteiger partial charge in [0.25, 0.3) is 0 Å². The number of para-hydroxylation sites is 1. The van der Waals surface area contributed by atoms with Crippen LogP contribution >= 0.6 is 11.6 Å².